The van der Waals surface area contributed by atoms with Crippen LogP contribution in [-0.2, 0) is 0 Å². The maximum Gasteiger partial charge on any atom is 0.208 e. The fourth-order valence-corrected chi connectivity index (χ4v) is 1.62. The molecule has 1 aromatic carbocycles. The minimum Gasteiger partial charge on any atom is -0.486 e. The second-order valence-electron chi connectivity index (χ2n) is 3.28. The fraction of sp³-hybridized carbons (Fsp3) is 0.200. The first-order valence-electron chi connectivity index (χ1n) is 4.61. The van der Waals surface area contributed by atoms with Crippen LogP contribution >= 0.6 is 0 Å². The zero-order valence-corrected chi connectivity index (χ0v) is 7.82. The van der Waals surface area contributed by atoms with Crippen molar-refractivity contribution in [1.82, 2.24) is 10.2 Å². The smallest absolute Gasteiger partial charge is 0.208 e. The van der Waals surface area contributed by atoms with Crippen LogP contribution in [-0.4, -0.2) is 23.4 Å². The van der Waals surface area contributed by atoms with Crippen molar-refractivity contribution in [1.29, 1.82) is 0 Å². The SMILES string of the molecule is O=c1cn[nH]c2cc3c(cc12)OCCO3. The van der Waals surface area contributed by atoms with Gasteiger partial charge in [-0.3, -0.25) is 9.89 Å². The lowest BCUT2D eigenvalue weighted by atomic mass is 10.2. The van der Waals surface area contributed by atoms with Gasteiger partial charge in [0.25, 0.3) is 0 Å². The second kappa shape index (κ2) is 2.98. The number of fused-ring (bicyclic) bond motifs is 2. The largest absolute Gasteiger partial charge is 0.486 e. The molecule has 1 aromatic heterocycles. The molecule has 0 aliphatic carbocycles. The summed E-state index contributed by atoms with van der Waals surface area (Å²) >= 11 is 0. The summed E-state index contributed by atoms with van der Waals surface area (Å²) < 4.78 is 10.8. The van der Waals surface area contributed by atoms with Gasteiger partial charge in [0.15, 0.2) is 11.5 Å². The Labute approximate surface area is 84.6 Å². The van der Waals surface area contributed by atoms with E-state index in [9.17, 15) is 4.79 Å². The third-order valence-corrected chi connectivity index (χ3v) is 2.31. The molecule has 0 bridgehead atoms. The Balaban J connectivity index is 2.36. The first kappa shape index (κ1) is 8.28. The molecule has 3 rings (SSSR count). The van der Waals surface area contributed by atoms with Crippen LogP contribution in [0.1, 0.15) is 0 Å². The highest BCUT2D eigenvalue weighted by Crippen LogP contribution is 2.32. The van der Waals surface area contributed by atoms with Crippen LogP contribution < -0.4 is 14.9 Å². The van der Waals surface area contributed by atoms with Gasteiger partial charge in [-0.1, -0.05) is 0 Å². The Morgan fingerprint density at radius 1 is 1.20 bits per heavy atom. The molecule has 0 saturated heterocycles. The van der Waals surface area contributed by atoms with E-state index in [1.54, 1.807) is 12.1 Å². The predicted molar refractivity (Wildman–Crippen MR) is 53.4 cm³/mol. The van der Waals surface area contributed by atoms with Crippen LogP contribution in [0.15, 0.2) is 23.1 Å². The quantitative estimate of drug-likeness (QED) is 0.685. The number of hydrogen-bond acceptors (Lipinski definition) is 4. The molecule has 2 aromatic rings. The van der Waals surface area contributed by atoms with Crippen LogP contribution in [0.25, 0.3) is 10.9 Å². The first-order chi connectivity index (χ1) is 7.34. The molecule has 0 radical (unpaired) electrons. The zero-order chi connectivity index (χ0) is 10.3. The van der Waals surface area contributed by atoms with Gasteiger partial charge in [-0.05, 0) is 6.07 Å². The summed E-state index contributed by atoms with van der Waals surface area (Å²) in [4.78, 5) is 11.5. The molecule has 15 heavy (non-hydrogen) atoms. The van der Waals surface area contributed by atoms with E-state index in [2.05, 4.69) is 10.2 Å². The van der Waals surface area contributed by atoms with E-state index in [1.165, 1.54) is 6.20 Å². The first-order valence-corrected chi connectivity index (χ1v) is 4.61. The maximum absolute atomic E-state index is 11.5. The monoisotopic (exact) mass is 204 g/mol. The molecule has 0 saturated carbocycles. The van der Waals surface area contributed by atoms with Gasteiger partial charge in [-0.25, -0.2) is 0 Å². The number of hydrogen-bond donors (Lipinski definition) is 1. The lowest BCUT2D eigenvalue weighted by Crippen LogP contribution is -2.16. The molecule has 5 heteroatoms. The van der Waals surface area contributed by atoms with Gasteiger partial charge in [-0.15, -0.1) is 0 Å². The van der Waals surface area contributed by atoms with E-state index in [0.29, 0.717) is 35.6 Å². The number of rotatable bonds is 0. The maximum atomic E-state index is 11.5. The molecule has 76 valence electrons. The minimum absolute atomic E-state index is 0.124. The average molecular weight is 204 g/mol. The Hall–Kier alpha value is -2.04. The predicted octanol–water partition coefficient (Wildman–Crippen LogP) is 0.694. The van der Waals surface area contributed by atoms with E-state index in [-0.39, 0.29) is 5.43 Å². The van der Waals surface area contributed by atoms with Crippen LogP contribution in [0.2, 0.25) is 0 Å². The Kier molecular flexibility index (Phi) is 1.65. The molecule has 1 aliphatic rings. The number of nitrogens with zero attached hydrogens (tertiary/aromatic N) is 1. The van der Waals surface area contributed by atoms with Crippen LogP contribution in [0, 0.1) is 0 Å². The Morgan fingerprint density at radius 2 is 1.93 bits per heavy atom. The number of nitrogens with one attached hydrogen (secondary N) is 1. The summed E-state index contributed by atoms with van der Waals surface area (Å²) in [6.45, 7) is 1.05. The van der Waals surface area contributed by atoms with Crippen LogP contribution in [0.5, 0.6) is 11.5 Å². The standard InChI is InChI=1S/C10H8N2O3/c13-8-5-11-12-7-4-10-9(3-6(7)8)14-1-2-15-10/h3-5H,1-2H2,(H,12,13). The van der Waals surface area contributed by atoms with Gasteiger partial charge in [0.2, 0.25) is 5.43 Å². The molecule has 0 spiro atoms. The van der Waals surface area contributed by atoms with Crippen molar-refractivity contribution < 1.29 is 9.47 Å². The fourth-order valence-electron chi connectivity index (χ4n) is 1.62. The molecular formula is C10H8N2O3. The van der Waals surface area contributed by atoms with E-state index in [4.69, 9.17) is 9.47 Å². The van der Waals surface area contributed by atoms with Crippen LogP contribution in [0.4, 0.5) is 0 Å². The molecule has 0 fully saturated rings. The second-order valence-corrected chi connectivity index (χ2v) is 3.28. The highest BCUT2D eigenvalue weighted by Gasteiger charge is 2.13. The third kappa shape index (κ3) is 1.24. The molecule has 1 N–H and O–H groups in total. The molecule has 0 amide bonds. The summed E-state index contributed by atoms with van der Waals surface area (Å²) in [5.74, 6) is 1.27. The van der Waals surface area contributed by atoms with Crippen molar-refractivity contribution in [3.63, 3.8) is 0 Å². The third-order valence-electron chi connectivity index (χ3n) is 2.31. The van der Waals surface area contributed by atoms with Gasteiger partial charge in [0, 0.05) is 6.07 Å². The van der Waals surface area contributed by atoms with Gasteiger partial charge in [-0.2, -0.15) is 5.10 Å². The Bertz CT molecular complexity index is 576. The van der Waals surface area contributed by atoms with Crippen molar-refractivity contribution in [2.75, 3.05) is 13.2 Å². The topological polar surface area (TPSA) is 64.2 Å². The van der Waals surface area contributed by atoms with Crippen molar-refractivity contribution in [3.05, 3.63) is 28.6 Å². The van der Waals surface area contributed by atoms with Crippen LogP contribution in [0.3, 0.4) is 0 Å². The number of H-pyrrole nitrogens is 1. The van der Waals surface area contributed by atoms with Crippen molar-refractivity contribution in [2.24, 2.45) is 0 Å². The average Bonchev–Trinajstić information content (AvgIpc) is 2.27. The van der Waals surface area contributed by atoms with Gasteiger partial charge < -0.3 is 9.47 Å². The molecular weight excluding hydrogens is 196 g/mol. The summed E-state index contributed by atoms with van der Waals surface area (Å²) in [6, 6.07) is 3.42. The normalized spacial score (nSPS) is 14.1. The van der Waals surface area contributed by atoms with Crippen molar-refractivity contribution in [2.45, 2.75) is 0 Å². The minimum atomic E-state index is -0.124. The number of aromatic nitrogens is 2. The van der Waals surface area contributed by atoms with Crippen molar-refractivity contribution >= 4 is 10.9 Å². The highest BCUT2D eigenvalue weighted by atomic mass is 16.6. The molecule has 1 aliphatic heterocycles. The summed E-state index contributed by atoms with van der Waals surface area (Å²) in [6.07, 6.45) is 1.25. The lowest BCUT2D eigenvalue weighted by Gasteiger charge is -2.18. The van der Waals surface area contributed by atoms with Gasteiger partial charge >= 0.3 is 0 Å². The number of benzene rings is 1. The number of aromatic amines is 1. The molecule has 2 heterocycles. The summed E-state index contributed by atoms with van der Waals surface area (Å²) in [7, 11) is 0. The Morgan fingerprint density at radius 3 is 2.73 bits per heavy atom. The summed E-state index contributed by atoms with van der Waals surface area (Å²) in [5, 5.41) is 7.05. The number of ether oxygens (including phenoxy) is 2. The van der Waals surface area contributed by atoms with E-state index < -0.39 is 0 Å². The van der Waals surface area contributed by atoms with E-state index in [0.717, 1.165) is 0 Å². The highest BCUT2D eigenvalue weighted by molar-refractivity contribution is 5.81. The van der Waals surface area contributed by atoms with Gasteiger partial charge in [0.05, 0.1) is 17.1 Å². The van der Waals surface area contributed by atoms with Crippen molar-refractivity contribution in [3.8, 4) is 11.5 Å². The zero-order valence-electron chi connectivity index (χ0n) is 7.82. The molecule has 0 atom stereocenters. The lowest BCUT2D eigenvalue weighted by molar-refractivity contribution is 0.172. The van der Waals surface area contributed by atoms with E-state index in [1.807, 2.05) is 0 Å². The van der Waals surface area contributed by atoms with Gasteiger partial charge in [0.1, 0.15) is 13.2 Å². The molecule has 0 unspecified atom stereocenters. The summed E-state index contributed by atoms with van der Waals surface area (Å²) in [5.41, 5.74) is 0.535. The molecule has 5 nitrogen and oxygen atoms in total. The van der Waals surface area contributed by atoms with E-state index >= 15 is 0 Å².